The number of aromatic nitrogens is 1. The van der Waals surface area contributed by atoms with Crippen LogP contribution >= 0.6 is 0 Å². The number of hydrogen-bond acceptors (Lipinski definition) is 2. The van der Waals surface area contributed by atoms with Crippen LogP contribution in [0.1, 0.15) is 0 Å². The molecular weight excluding hydrogens is 155 g/mol. The molecule has 0 unspecified atom stereocenters. The summed E-state index contributed by atoms with van der Waals surface area (Å²) in [6, 6.07) is 6.27. The molecule has 0 saturated heterocycles. The van der Waals surface area contributed by atoms with E-state index in [0.29, 0.717) is 11.2 Å². The second-order valence-electron chi connectivity index (χ2n) is 2.56. The molecule has 1 heterocycles. The van der Waals surface area contributed by atoms with Crippen LogP contribution in [0.25, 0.3) is 10.8 Å². The monoisotopic (exact) mass is 162 g/mol. The molecule has 0 amide bonds. The second kappa shape index (κ2) is 2.44. The Morgan fingerprint density at radius 1 is 1.25 bits per heavy atom. The molecule has 0 saturated carbocycles. The summed E-state index contributed by atoms with van der Waals surface area (Å²) in [7, 11) is 0. The van der Waals surface area contributed by atoms with Crippen molar-refractivity contribution in [3.8, 4) is 0 Å². The number of benzene rings is 1. The second-order valence-corrected chi connectivity index (χ2v) is 2.56. The van der Waals surface area contributed by atoms with Crippen molar-refractivity contribution in [1.82, 2.24) is 4.98 Å². The molecule has 1 aromatic heterocycles. The lowest BCUT2D eigenvalue weighted by atomic mass is 10.1. The van der Waals surface area contributed by atoms with Gasteiger partial charge in [0.25, 0.3) is 0 Å². The highest BCUT2D eigenvalue weighted by molar-refractivity contribution is 5.90. The molecule has 0 aliphatic rings. The van der Waals surface area contributed by atoms with E-state index in [0.717, 1.165) is 5.39 Å². The number of nitrogens with two attached hydrogens (primary N) is 1. The number of fused-ring (bicyclic) bond motifs is 1. The first-order valence-corrected chi connectivity index (χ1v) is 3.57. The Kier molecular flexibility index (Phi) is 1.43. The summed E-state index contributed by atoms with van der Waals surface area (Å²) in [4.78, 5) is 3.86. The molecule has 12 heavy (non-hydrogen) atoms. The van der Waals surface area contributed by atoms with Crippen LogP contribution in [-0.2, 0) is 0 Å². The lowest BCUT2D eigenvalue weighted by Crippen LogP contribution is -1.90. The van der Waals surface area contributed by atoms with Gasteiger partial charge in [0, 0.05) is 11.6 Å². The third-order valence-electron chi connectivity index (χ3n) is 1.76. The molecule has 0 radical (unpaired) electrons. The zero-order valence-corrected chi connectivity index (χ0v) is 6.29. The average molecular weight is 162 g/mol. The Morgan fingerprint density at radius 3 is 2.92 bits per heavy atom. The average Bonchev–Trinajstić information content (AvgIpc) is 2.07. The molecule has 3 heteroatoms. The lowest BCUT2D eigenvalue weighted by Gasteiger charge is -1.99. The van der Waals surface area contributed by atoms with Crippen molar-refractivity contribution in [3.63, 3.8) is 0 Å². The smallest absolute Gasteiger partial charge is 0.131 e. The van der Waals surface area contributed by atoms with Crippen LogP contribution in [-0.4, -0.2) is 4.98 Å². The largest absolute Gasteiger partial charge is 0.383 e. The number of rotatable bonds is 0. The standard InChI is InChI=1S/C9H7FN2/c10-7-2-1-6-3-4-12-9(11)8(6)5-7/h1-5H,(H2,11,12). The van der Waals surface area contributed by atoms with Gasteiger partial charge in [0.1, 0.15) is 11.6 Å². The zero-order valence-electron chi connectivity index (χ0n) is 6.29. The van der Waals surface area contributed by atoms with Gasteiger partial charge < -0.3 is 5.73 Å². The first kappa shape index (κ1) is 7.03. The van der Waals surface area contributed by atoms with Crippen LogP contribution in [0.3, 0.4) is 0 Å². The molecular formula is C9H7FN2. The van der Waals surface area contributed by atoms with E-state index in [4.69, 9.17) is 5.73 Å². The Bertz CT molecular complexity index is 426. The molecule has 2 N–H and O–H groups in total. The van der Waals surface area contributed by atoms with Gasteiger partial charge in [0.15, 0.2) is 0 Å². The van der Waals surface area contributed by atoms with Crippen molar-refractivity contribution in [2.24, 2.45) is 0 Å². The topological polar surface area (TPSA) is 38.9 Å². The van der Waals surface area contributed by atoms with Crippen LogP contribution in [0.15, 0.2) is 30.5 Å². The van der Waals surface area contributed by atoms with Crippen LogP contribution in [0.4, 0.5) is 10.2 Å². The van der Waals surface area contributed by atoms with Gasteiger partial charge in [-0.3, -0.25) is 0 Å². The minimum atomic E-state index is -0.290. The molecule has 0 spiro atoms. The summed E-state index contributed by atoms with van der Waals surface area (Å²) in [5.41, 5.74) is 5.55. The summed E-state index contributed by atoms with van der Waals surface area (Å²) >= 11 is 0. The van der Waals surface area contributed by atoms with Crippen LogP contribution in [0.2, 0.25) is 0 Å². The zero-order chi connectivity index (χ0) is 8.55. The quantitative estimate of drug-likeness (QED) is 0.643. The van der Waals surface area contributed by atoms with Crippen molar-refractivity contribution in [2.45, 2.75) is 0 Å². The normalized spacial score (nSPS) is 10.4. The molecule has 0 atom stereocenters. The molecule has 0 fully saturated rings. The fourth-order valence-corrected chi connectivity index (χ4v) is 1.16. The molecule has 1 aromatic carbocycles. The highest BCUT2D eigenvalue weighted by Gasteiger charge is 1.98. The van der Waals surface area contributed by atoms with E-state index in [1.54, 1.807) is 18.3 Å². The van der Waals surface area contributed by atoms with E-state index in [2.05, 4.69) is 4.98 Å². The highest BCUT2D eigenvalue weighted by Crippen LogP contribution is 2.18. The first-order chi connectivity index (χ1) is 5.77. The molecule has 2 aromatic rings. The minimum Gasteiger partial charge on any atom is -0.383 e. The van der Waals surface area contributed by atoms with Gasteiger partial charge in [0.05, 0.1) is 0 Å². The van der Waals surface area contributed by atoms with Crippen LogP contribution < -0.4 is 5.73 Å². The third-order valence-corrected chi connectivity index (χ3v) is 1.76. The Hall–Kier alpha value is -1.64. The number of nitrogens with zero attached hydrogens (tertiary/aromatic N) is 1. The van der Waals surface area contributed by atoms with E-state index < -0.39 is 0 Å². The van der Waals surface area contributed by atoms with Gasteiger partial charge in [0.2, 0.25) is 0 Å². The molecule has 0 aliphatic heterocycles. The summed E-state index contributed by atoms with van der Waals surface area (Å²) in [6.07, 6.45) is 1.61. The summed E-state index contributed by atoms with van der Waals surface area (Å²) < 4.78 is 12.7. The maximum atomic E-state index is 12.7. The number of hydrogen-bond donors (Lipinski definition) is 1. The van der Waals surface area contributed by atoms with Gasteiger partial charge in [-0.1, -0.05) is 6.07 Å². The van der Waals surface area contributed by atoms with Crippen molar-refractivity contribution < 1.29 is 4.39 Å². The maximum Gasteiger partial charge on any atom is 0.131 e. The fourth-order valence-electron chi connectivity index (χ4n) is 1.16. The predicted molar refractivity (Wildman–Crippen MR) is 46.1 cm³/mol. The lowest BCUT2D eigenvalue weighted by molar-refractivity contribution is 0.629. The summed E-state index contributed by atoms with van der Waals surface area (Å²) in [6.45, 7) is 0. The van der Waals surface area contributed by atoms with Gasteiger partial charge in [-0.15, -0.1) is 0 Å². The van der Waals surface area contributed by atoms with Crippen molar-refractivity contribution >= 4 is 16.6 Å². The van der Waals surface area contributed by atoms with Gasteiger partial charge in [-0.25, -0.2) is 9.37 Å². The number of halogens is 1. The molecule has 0 aliphatic carbocycles. The number of nitrogen functional groups attached to an aromatic ring is 1. The number of anilines is 1. The van der Waals surface area contributed by atoms with E-state index >= 15 is 0 Å². The maximum absolute atomic E-state index is 12.7. The van der Waals surface area contributed by atoms with Gasteiger partial charge in [-0.2, -0.15) is 0 Å². The SMILES string of the molecule is Nc1nccc2ccc(F)cc12. The third kappa shape index (κ3) is 0.993. The molecule has 60 valence electrons. The van der Waals surface area contributed by atoms with Crippen LogP contribution in [0, 0.1) is 5.82 Å². The molecule has 0 bridgehead atoms. The van der Waals surface area contributed by atoms with Gasteiger partial charge >= 0.3 is 0 Å². The van der Waals surface area contributed by atoms with E-state index in [1.807, 2.05) is 0 Å². The predicted octanol–water partition coefficient (Wildman–Crippen LogP) is 1.96. The highest BCUT2D eigenvalue weighted by atomic mass is 19.1. The van der Waals surface area contributed by atoms with E-state index in [-0.39, 0.29) is 5.82 Å². The van der Waals surface area contributed by atoms with Crippen molar-refractivity contribution in [2.75, 3.05) is 5.73 Å². The van der Waals surface area contributed by atoms with Crippen molar-refractivity contribution in [3.05, 3.63) is 36.3 Å². The molecule has 2 rings (SSSR count). The first-order valence-electron chi connectivity index (χ1n) is 3.57. The summed E-state index contributed by atoms with van der Waals surface area (Å²) in [5, 5.41) is 1.57. The van der Waals surface area contributed by atoms with Crippen LogP contribution in [0.5, 0.6) is 0 Å². The fraction of sp³-hybridized carbons (Fsp3) is 0. The Balaban J connectivity index is 2.88. The van der Waals surface area contributed by atoms with E-state index in [9.17, 15) is 4.39 Å². The van der Waals surface area contributed by atoms with Gasteiger partial charge in [-0.05, 0) is 23.6 Å². The Labute approximate surface area is 68.8 Å². The minimum absolute atomic E-state index is 0.290. The summed E-state index contributed by atoms with van der Waals surface area (Å²) in [5.74, 6) is 0.0780. The number of pyridine rings is 1. The molecule has 2 nitrogen and oxygen atoms in total. The van der Waals surface area contributed by atoms with E-state index in [1.165, 1.54) is 12.1 Å². The van der Waals surface area contributed by atoms with Crippen molar-refractivity contribution in [1.29, 1.82) is 0 Å². The Morgan fingerprint density at radius 2 is 2.08 bits per heavy atom.